The van der Waals surface area contributed by atoms with Crippen LogP contribution in [0.2, 0.25) is 0 Å². The lowest BCUT2D eigenvalue weighted by atomic mass is 10.0. The standard InChI is InChI=1S/C18H19N3/c1-14(19)18(16-10-6-3-7-11-16)21-13-17(12-20-21)15-8-4-2-5-9-15/h2-14,18H,19H2,1H3. The van der Waals surface area contributed by atoms with Gasteiger partial charge in [-0.25, -0.2) is 0 Å². The van der Waals surface area contributed by atoms with Gasteiger partial charge in [-0.05, 0) is 18.1 Å². The van der Waals surface area contributed by atoms with Crippen LogP contribution >= 0.6 is 0 Å². The van der Waals surface area contributed by atoms with Crippen molar-refractivity contribution in [3.63, 3.8) is 0 Å². The van der Waals surface area contributed by atoms with Gasteiger partial charge >= 0.3 is 0 Å². The van der Waals surface area contributed by atoms with E-state index in [-0.39, 0.29) is 12.1 Å². The second-order valence-electron chi connectivity index (χ2n) is 5.29. The fourth-order valence-electron chi connectivity index (χ4n) is 2.62. The van der Waals surface area contributed by atoms with Crippen molar-refractivity contribution in [2.75, 3.05) is 0 Å². The molecule has 1 aromatic heterocycles. The molecule has 0 bridgehead atoms. The minimum absolute atomic E-state index is 0.0177. The van der Waals surface area contributed by atoms with Gasteiger partial charge in [0.05, 0.1) is 12.2 Å². The quantitative estimate of drug-likeness (QED) is 0.793. The molecule has 0 saturated carbocycles. The summed E-state index contributed by atoms with van der Waals surface area (Å²) in [6.45, 7) is 2.02. The van der Waals surface area contributed by atoms with E-state index >= 15 is 0 Å². The lowest BCUT2D eigenvalue weighted by Gasteiger charge is -2.21. The zero-order valence-electron chi connectivity index (χ0n) is 12.1. The van der Waals surface area contributed by atoms with Crippen molar-refractivity contribution < 1.29 is 0 Å². The summed E-state index contributed by atoms with van der Waals surface area (Å²) in [5, 5.41) is 4.53. The molecule has 3 heteroatoms. The molecule has 3 nitrogen and oxygen atoms in total. The summed E-state index contributed by atoms with van der Waals surface area (Å²) in [5.74, 6) is 0. The summed E-state index contributed by atoms with van der Waals surface area (Å²) in [6.07, 6.45) is 3.96. The first kappa shape index (κ1) is 13.6. The molecular weight excluding hydrogens is 258 g/mol. The third-order valence-corrected chi connectivity index (χ3v) is 3.63. The summed E-state index contributed by atoms with van der Waals surface area (Å²) in [5.41, 5.74) is 9.64. The highest BCUT2D eigenvalue weighted by Crippen LogP contribution is 2.24. The van der Waals surface area contributed by atoms with Gasteiger partial charge in [-0.3, -0.25) is 4.68 Å². The molecule has 0 spiro atoms. The zero-order chi connectivity index (χ0) is 14.7. The van der Waals surface area contributed by atoms with Crippen LogP contribution in [0.1, 0.15) is 18.5 Å². The minimum Gasteiger partial charge on any atom is -0.326 e. The van der Waals surface area contributed by atoms with Crippen LogP contribution in [0.25, 0.3) is 11.1 Å². The smallest absolute Gasteiger partial charge is 0.0916 e. The molecule has 0 amide bonds. The zero-order valence-corrected chi connectivity index (χ0v) is 12.1. The molecule has 0 fully saturated rings. The first-order valence-corrected chi connectivity index (χ1v) is 7.16. The highest BCUT2D eigenvalue weighted by atomic mass is 15.3. The first-order chi connectivity index (χ1) is 10.3. The maximum absolute atomic E-state index is 6.19. The Labute approximate surface area is 125 Å². The molecule has 0 radical (unpaired) electrons. The molecule has 2 unspecified atom stereocenters. The van der Waals surface area contributed by atoms with Gasteiger partial charge in [-0.15, -0.1) is 0 Å². The summed E-state index contributed by atoms with van der Waals surface area (Å²) in [7, 11) is 0. The number of hydrogen-bond donors (Lipinski definition) is 1. The van der Waals surface area contributed by atoms with E-state index in [0.29, 0.717) is 0 Å². The normalized spacial score (nSPS) is 13.8. The van der Waals surface area contributed by atoms with Crippen LogP contribution in [0.15, 0.2) is 73.1 Å². The Morgan fingerprint density at radius 3 is 2.14 bits per heavy atom. The third kappa shape index (κ3) is 2.88. The van der Waals surface area contributed by atoms with E-state index < -0.39 is 0 Å². The maximum atomic E-state index is 6.19. The van der Waals surface area contributed by atoms with E-state index in [4.69, 9.17) is 5.73 Å². The molecular formula is C18H19N3. The van der Waals surface area contributed by atoms with Crippen molar-refractivity contribution in [2.24, 2.45) is 5.73 Å². The van der Waals surface area contributed by atoms with Crippen LogP contribution in [-0.4, -0.2) is 15.8 Å². The number of hydrogen-bond acceptors (Lipinski definition) is 2. The van der Waals surface area contributed by atoms with Gasteiger partial charge < -0.3 is 5.73 Å². The van der Waals surface area contributed by atoms with Crippen molar-refractivity contribution in [1.82, 2.24) is 9.78 Å². The Hall–Kier alpha value is -2.39. The Kier molecular flexibility index (Phi) is 3.84. The van der Waals surface area contributed by atoms with Crippen molar-refractivity contribution in [1.29, 1.82) is 0 Å². The molecule has 0 saturated heterocycles. The Bertz CT molecular complexity index is 687. The summed E-state index contributed by atoms with van der Waals surface area (Å²) in [4.78, 5) is 0. The van der Waals surface area contributed by atoms with Crippen LogP contribution in [-0.2, 0) is 0 Å². The van der Waals surface area contributed by atoms with E-state index in [2.05, 4.69) is 35.6 Å². The van der Waals surface area contributed by atoms with Gasteiger partial charge in [-0.1, -0.05) is 60.7 Å². The molecule has 2 aromatic carbocycles. The third-order valence-electron chi connectivity index (χ3n) is 3.63. The number of aromatic nitrogens is 2. The predicted molar refractivity (Wildman–Crippen MR) is 85.9 cm³/mol. The highest BCUT2D eigenvalue weighted by Gasteiger charge is 2.19. The Morgan fingerprint density at radius 1 is 0.905 bits per heavy atom. The Balaban J connectivity index is 1.97. The fraction of sp³-hybridized carbons (Fsp3) is 0.167. The second-order valence-corrected chi connectivity index (χ2v) is 5.29. The number of benzene rings is 2. The molecule has 2 atom stereocenters. The SMILES string of the molecule is CC(N)C(c1ccccc1)n1cc(-c2ccccc2)cn1. The van der Waals surface area contributed by atoms with Crippen LogP contribution < -0.4 is 5.73 Å². The molecule has 106 valence electrons. The molecule has 3 rings (SSSR count). The maximum Gasteiger partial charge on any atom is 0.0916 e. The van der Waals surface area contributed by atoms with Crippen LogP contribution in [0.4, 0.5) is 0 Å². The summed E-state index contributed by atoms with van der Waals surface area (Å²) in [6, 6.07) is 20.6. The van der Waals surface area contributed by atoms with Crippen molar-refractivity contribution in [2.45, 2.75) is 19.0 Å². The number of rotatable bonds is 4. The summed E-state index contributed by atoms with van der Waals surface area (Å²) < 4.78 is 1.96. The van der Waals surface area contributed by atoms with Crippen molar-refractivity contribution in [3.8, 4) is 11.1 Å². The largest absolute Gasteiger partial charge is 0.326 e. The first-order valence-electron chi connectivity index (χ1n) is 7.16. The molecule has 2 N–H and O–H groups in total. The van der Waals surface area contributed by atoms with Crippen molar-refractivity contribution in [3.05, 3.63) is 78.6 Å². The van der Waals surface area contributed by atoms with Gasteiger partial charge in [0.2, 0.25) is 0 Å². The van der Waals surface area contributed by atoms with E-state index in [1.807, 2.05) is 54.2 Å². The van der Waals surface area contributed by atoms with Gasteiger partial charge in [0, 0.05) is 17.8 Å². The van der Waals surface area contributed by atoms with Crippen LogP contribution in [0.5, 0.6) is 0 Å². The average Bonchev–Trinajstić information content (AvgIpc) is 2.98. The number of nitrogens with zero attached hydrogens (tertiary/aromatic N) is 2. The molecule has 21 heavy (non-hydrogen) atoms. The van der Waals surface area contributed by atoms with E-state index in [1.165, 1.54) is 11.1 Å². The monoisotopic (exact) mass is 277 g/mol. The minimum atomic E-state index is -0.0177. The average molecular weight is 277 g/mol. The number of nitrogens with two attached hydrogens (primary N) is 1. The molecule has 3 aromatic rings. The van der Waals surface area contributed by atoms with Crippen molar-refractivity contribution >= 4 is 0 Å². The molecule has 1 heterocycles. The van der Waals surface area contributed by atoms with E-state index in [9.17, 15) is 0 Å². The van der Waals surface area contributed by atoms with Crippen LogP contribution in [0, 0.1) is 0 Å². The Morgan fingerprint density at radius 2 is 1.52 bits per heavy atom. The fourth-order valence-corrected chi connectivity index (χ4v) is 2.62. The van der Waals surface area contributed by atoms with Gasteiger partial charge in [0.1, 0.15) is 0 Å². The lowest BCUT2D eigenvalue weighted by Crippen LogP contribution is -2.30. The molecule has 0 aliphatic carbocycles. The van der Waals surface area contributed by atoms with E-state index in [0.717, 1.165) is 5.56 Å². The second kappa shape index (κ2) is 5.94. The highest BCUT2D eigenvalue weighted by molar-refractivity contribution is 5.61. The lowest BCUT2D eigenvalue weighted by molar-refractivity contribution is 0.454. The topological polar surface area (TPSA) is 43.8 Å². The summed E-state index contributed by atoms with van der Waals surface area (Å²) >= 11 is 0. The van der Waals surface area contributed by atoms with Crippen LogP contribution in [0.3, 0.4) is 0 Å². The van der Waals surface area contributed by atoms with Gasteiger partial charge in [-0.2, -0.15) is 5.10 Å². The molecule has 0 aliphatic rings. The predicted octanol–water partition coefficient (Wildman–Crippen LogP) is 3.49. The van der Waals surface area contributed by atoms with E-state index in [1.54, 1.807) is 0 Å². The molecule has 0 aliphatic heterocycles. The van der Waals surface area contributed by atoms with Gasteiger partial charge in [0.25, 0.3) is 0 Å². The van der Waals surface area contributed by atoms with Gasteiger partial charge in [0.15, 0.2) is 0 Å².